The molecule has 4 rings (SSSR count). The van der Waals surface area contributed by atoms with Crippen LogP contribution in [0.15, 0.2) is 42.6 Å². The summed E-state index contributed by atoms with van der Waals surface area (Å²) in [6, 6.07) is 7.34. The van der Waals surface area contributed by atoms with Crippen LogP contribution in [0, 0.1) is 17.5 Å². The molecule has 0 unspecified atom stereocenters. The van der Waals surface area contributed by atoms with E-state index in [-0.39, 0.29) is 0 Å². The van der Waals surface area contributed by atoms with Gasteiger partial charge in [-0.05, 0) is 43.6 Å². The lowest BCUT2D eigenvalue weighted by Crippen LogP contribution is -2.26. The Morgan fingerprint density at radius 3 is 2.43 bits per heavy atom. The molecule has 0 saturated carbocycles. The third-order valence-electron chi connectivity index (χ3n) is 4.90. The fraction of sp³-hybridized carbons (Fsp3) is 0.238. The molecule has 1 aromatic heterocycles. The molecular weight excluding hydrogens is 413 g/mol. The molecule has 156 valence electrons. The van der Waals surface area contributed by atoms with Crippen molar-refractivity contribution in [2.45, 2.75) is 18.8 Å². The van der Waals surface area contributed by atoms with E-state index in [1.807, 2.05) is 18.3 Å². The summed E-state index contributed by atoms with van der Waals surface area (Å²) in [6.45, 7) is 2.02. The van der Waals surface area contributed by atoms with Gasteiger partial charge in [0, 0.05) is 29.9 Å². The maximum Gasteiger partial charge on any atom is 0.323 e. The van der Waals surface area contributed by atoms with Crippen LogP contribution in [0.25, 0.3) is 10.4 Å². The van der Waals surface area contributed by atoms with Crippen LogP contribution in [0.2, 0.25) is 0 Å². The smallest absolute Gasteiger partial charge is 0.317 e. The Morgan fingerprint density at radius 1 is 1.00 bits per heavy atom. The van der Waals surface area contributed by atoms with E-state index in [0.29, 0.717) is 23.7 Å². The number of anilines is 2. The van der Waals surface area contributed by atoms with Crippen molar-refractivity contribution < 1.29 is 18.0 Å². The van der Waals surface area contributed by atoms with Gasteiger partial charge in [-0.2, -0.15) is 0 Å². The number of piperidine rings is 1. The maximum absolute atomic E-state index is 13.6. The molecule has 0 aliphatic carbocycles. The Kier molecular flexibility index (Phi) is 6.01. The number of rotatable bonds is 4. The van der Waals surface area contributed by atoms with Gasteiger partial charge in [-0.15, -0.1) is 11.3 Å². The van der Waals surface area contributed by atoms with E-state index in [2.05, 4.69) is 20.9 Å². The van der Waals surface area contributed by atoms with Gasteiger partial charge in [0.25, 0.3) is 0 Å². The van der Waals surface area contributed by atoms with E-state index in [1.165, 1.54) is 0 Å². The molecule has 0 radical (unpaired) electrons. The molecule has 2 amide bonds. The van der Waals surface area contributed by atoms with Crippen LogP contribution in [0.5, 0.6) is 0 Å². The second-order valence-corrected chi connectivity index (χ2v) is 8.05. The number of carbonyl (C=O) groups is 1. The first-order valence-electron chi connectivity index (χ1n) is 9.49. The number of halogens is 3. The number of nitrogens with one attached hydrogen (secondary N) is 3. The quantitative estimate of drug-likeness (QED) is 0.488. The molecule has 2 heterocycles. The number of carbonyl (C=O) groups excluding carboxylic acids is 1. The third-order valence-corrected chi connectivity index (χ3v) is 6.11. The summed E-state index contributed by atoms with van der Waals surface area (Å²) in [5.74, 6) is -3.13. The van der Waals surface area contributed by atoms with Gasteiger partial charge in [0.1, 0.15) is 5.82 Å². The Labute approximate surface area is 175 Å². The van der Waals surface area contributed by atoms with Crippen LogP contribution in [-0.4, -0.2) is 24.1 Å². The Bertz CT molecular complexity index is 1050. The molecule has 9 heteroatoms. The number of thiazole rings is 1. The van der Waals surface area contributed by atoms with Crippen molar-refractivity contribution in [3.8, 4) is 10.4 Å². The molecule has 1 fully saturated rings. The van der Waals surface area contributed by atoms with Crippen LogP contribution >= 0.6 is 11.3 Å². The zero-order valence-corrected chi connectivity index (χ0v) is 16.7. The van der Waals surface area contributed by atoms with Crippen LogP contribution in [0.4, 0.5) is 29.3 Å². The summed E-state index contributed by atoms with van der Waals surface area (Å²) in [5.41, 5.74) is 1.01. The van der Waals surface area contributed by atoms with Crippen molar-refractivity contribution in [1.29, 1.82) is 0 Å². The average Bonchev–Trinajstić information content (AvgIpc) is 3.23. The van der Waals surface area contributed by atoms with Gasteiger partial charge < -0.3 is 16.0 Å². The summed E-state index contributed by atoms with van der Waals surface area (Å²) in [7, 11) is 0. The molecule has 0 spiro atoms. The fourth-order valence-electron chi connectivity index (χ4n) is 3.30. The molecule has 3 aromatic rings. The molecule has 5 nitrogen and oxygen atoms in total. The van der Waals surface area contributed by atoms with E-state index in [9.17, 15) is 18.0 Å². The molecule has 0 atom stereocenters. The summed E-state index contributed by atoms with van der Waals surface area (Å²) < 4.78 is 39.9. The molecule has 0 bridgehead atoms. The van der Waals surface area contributed by atoms with Crippen LogP contribution in [0.3, 0.4) is 0 Å². The molecular formula is C21H19F3N4OS. The van der Waals surface area contributed by atoms with Crippen molar-refractivity contribution >= 4 is 28.7 Å². The minimum absolute atomic E-state index is 0.382. The number of urea groups is 1. The predicted octanol–water partition coefficient (Wildman–Crippen LogP) is 5.34. The van der Waals surface area contributed by atoms with E-state index >= 15 is 0 Å². The molecule has 3 N–H and O–H groups in total. The van der Waals surface area contributed by atoms with Crippen LogP contribution in [-0.2, 0) is 0 Å². The number of amides is 2. The zero-order chi connectivity index (χ0) is 21.1. The maximum atomic E-state index is 13.6. The third kappa shape index (κ3) is 4.63. The summed E-state index contributed by atoms with van der Waals surface area (Å²) in [5, 5.41) is 9.19. The standard InChI is InChI=1S/C21H19F3N4OS/c22-15-9-17(24)18(10-16(15)23)28-21(29)27-14-3-1-12(2-4-14)19-11-26-20(30-19)13-5-7-25-8-6-13/h1-4,9-11,13,25H,5-8H2,(H2,27,28,29). The van der Waals surface area contributed by atoms with Crippen molar-refractivity contribution in [2.75, 3.05) is 23.7 Å². The van der Waals surface area contributed by atoms with Crippen molar-refractivity contribution in [1.82, 2.24) is 10.3 Å². The lowest BCUT2D eigenvalue weighted by Gasteiger charge is -2.20. The number of aromatic nitrogens is 1. The van der Waals surface area contributed by atoms with E-state index in [4.69, 9.17) is 0 Å². The molecule has 1 aliphatic rings. The SMILES string of the molecule is O=C(Nc1ccc(-c2cnc(C3CCNCC3)s2)cc1)Nc1cc(F)c(F)cc1F. The van der Waals surface area contributed by atoms with Gasteiger partial charge >= 0.3 is 6.03 Å². The highest BCUT2D eigenvalue weighted by atomic mass is 32.1. The normalized spacial score (nSPS) is 14.5. The highest BCUT2D eigenvalue weighted by molar-refractivity contribution is 7.15. The van der Waals surface area contributed by atoms with Gasteiger partial charge in [0.05, 0.1) is 15.6 Å². The molecule has 1 saturated heterocycles. The number of hydrogen-bond donors (Lipinski definition) is 3. The van der Waals surface area contributed by atoms with Crippen molar-refractivity contribution in [2.24, 2.45) is 0 Å². The molecule has 1 aliphatic heterocycles. The Balaban J connectivity index is 1.39. The van der Waals surface area contributed by atoms with Crippen LogP contribution < -0.4 is 16.0 Å². The first kappa shape index (κ1) is 20.4. The molecule has 2 aromatic carbocycles. The lowest BCUT2D eigenvalue weighted by molar-refractivity contribution is 0.262. The topological polar surface area (TPSA) is 66.0 Å². The second kappa shape index (κ2) is 8.85. The van der Waals surface area contributed by atoms with Gasteiger partial charge in [0.2, 0.25) is 0 Å². The predicted molar refractivity (Wildman–Crippen MR) is 111 cm³/mol. The van der Waals surface area contributed by atoms with Crippen LogP contribution in [0.1, 0.15) is 23.8 Å². The van der Waals surface area contributed by atoms with Crippen molar-refractivity contribution in [3.05, 3.63) is 65.1 Å². The molecule has 30 heavy (non-hydrogen) atoms. The monoisotopic (exact) mass is 432 g/mol. The highest BCUT2D eigenvalue weighted by Crippen LogP contribution is 2.34. The van der Waals surface area contributed by atoms with Crippen molar-refractivity contribution in [3.63, 3.8) is 0 Å². The largest absolute Gasteiger partial charge is 0.323 e. The van der Waals surface area contributed by atoms with E-state index in [0.717, 1.165) is 41.4 Å². The summed E-state index contributed by atoms with van der Waals surface area (Å²) in [6.07, 6.45) is 4.04. The van der Waals surface area contributed by atoms with Gasteiger partial charge in [-0.3, -0.25) is 0 Å². The van der Waals surface area contributed by atoms with Gasteiger partial charge in [-0.1, -0.05) is 12.1 Å². The summed E-state index contributed by atoms with van der Waals surface area (Å²) >= 11 is 1.67. The first-order valence-corrected chi connectivity index (χ1v) is 10.3. The first-order chi connectivity index (χ1) is 14.5. The lowest BCUT2D eigenvalue weighted by atomic mass is 9.99. The summed E-state index contributed by atoms with van der Waals surface area (Å²) in [4.78, 5) is 17.7. The number of benzene rings is 2. The minimum atomic E-state index is -1.32. The minimum Gasteiger partial charge on any atom is -0.317 e. The average molecular weight is 432 g/mol. The number of nitrogens with zero attached hydrogens (tertiary/aromatic N) is 1. The number of hydrogen-bond acceptors (Lipinski definition) is 4. The zero-order valence-electron chi connectivity index (χ0n) is 15.8. The second-order valence-electron chi connectivity index (χ2n) is 6.99. The highest BCUT2D eigenvalue weighted by Gasteiger charge is 2.19. The van der Waals surface area contributed by atoms with Gasteiger partial charge in [0.15, 0.2) is 11.6 Å². The Morgan fingerprint density at radius 2 is 1.70 bits per heavy atom. The fourth-order valence-corrected chi connectivity index (χ4v) is 4.39. The van der Waals surface area contributed by atoms with Gasteiger partial charge in [-0.25, -0.2) is 22.9 Å². The van der Waals surface area contributed by atoms with E-state index < -0.39 is 29.2 Å². The van der Waals surface area contributed by atoms with E-state index in [1.54, 1.807) is 23.5 Å². The Hall–Kier alpha value is -2.91.